The summed E-state index contributed by atoms with van der Waals surface area (Å²) < 4.78 is 134. The average Bonchev–Trinajstić information content (AvgIpc) is 3.08. The van der Waals surface area contributed by atoms with E-state index in [1.165, 1.54) is 6.92 Å². The van der Waals surface area contributed by atoms with E-state index in [1.807, 2.05) is 0 Å². The lowest BCUT2D eigenvalue weighted by Gasteiger charge is -2.14. The van der Waals surface area contributed by atoms with E-state index in [0.29, 0.717) is 23.1 Å². The van der Waals surface area contributed by atoms with Gasteiger partial charge in [0.25, 0.3) is 0 Å². The zero-order chi connectivity index (χ0) is 24.9. The lowest BCUT2D eigenvalue weighted by atomic mass is 10.1. The molecule has 2 aromatic carbocycles. The molecule has 1 aromatic heterocycles. The van der Waals surface area contributed by atoms with Crippen molar-refractivity contribution in [2.75, 3.05) is 6.26 Å². The van der Waals surface area contributed by atoms with Gasteiger partial charge in [-0.1, -0.05) is 12.1 Å². The molecule has 0 saturated heterocycles. The minimum absolute atomic E-state index is 0.00656. The summed E-state index contributed by atoms with van der Waals surface area (Å²) in [5, 5.41) is 3.22. The smallest absolute Gasteiger partial charge is 0.405 e. The molecule has 0 atom stereocenters. The Morgan fingerprint density at radius 3 is 2.12 bits per heavy atom. The Hall–Kier alpha value is -3.16. The molecule has 5 nitrogen and oxygen atoms in total. The highest BCUT2D eigenvalue weighted by Crippen LogP contribution is 2.37. The zero-order valence-electron chi connectivity index (χ0n) is 16.5. The van der Waals surface area contributed by atoms with Gasteiger partial charge in [-0.15, -0.1) is 13.2 Å². The highest BCUT2D eigenvalue weighted by atomic mass is 32.2. The quantitative estimate of drug-likeness (QED) is 0.448. The minimum Gasteiger partial charge on any atom is -0.405 e. The van der Waals surface area contributed by atoms with Crippen LogP contribution in [0.2, 0.25) is 0 Å². The monoisotopic (exact) mass is 500 g/mol. The SMILES string of the molecule is Cc1ccc(-c2cc(C(F)(F)F)nn2-c2cc(F)c(S(C)(=O)=O)cc2F)cc1OC(F)(F)F. The van der Waals surface area contributed by atoms with Gasteiger partial charge in [0.05, 0.1) is 5.69 Å². The van der Waals surface area contributed by atoms with Gasteiger partial charge >= 0.3 is 12.5 Å². The summed E-state index contributed by atoms with van der Waals surface area (Å²) in [4.78, 5) is -1.04. The Morgan fingerprint density at radius 1 is 0.939 bits per heavy atom. The third-order valence-corrected chi connectivity index (χ3v) is 5.45. The summed E-state index contributed by atoms with van der Waals surface area (Å²) in [7, 11) is -4.21. The van der Waals surface area contributed by atoms with Crippen LogP contribution in [0.3, 0.4) is 0 Å². The van der Waals surface area contributed by atoms with Crippen molar-refractivity contribution >= 4 is 9.84 Å². The first-order chi connectivity index (χ1) is 15.0. The number of rotatable bonds is 4. The summed E-state index contributed by atoms with van der Waals surface area (Å²) >= 11 is 0. The van der Waals surface area contributed by atoms with E-state index < -0.39 is 61.7 Å². The lowest BCUT2D eigenvalue weighted by Crippen LogP contribution is -2.17. The molecule has 178 valence electrons. The molecule has 1 heterocycles. The first-order valence-electron chi connectivity index (χ1n) is 8.71. The maximum atomic E-state index is 14.7. The van der Waals surface area contributed by atoms with Crippen molar-refractivity contribution in [1.29, 1.82) is 0 Å². The Morgan fingerprint density at radius 2 is 1.58 bits per heavy atom. The molecular formula is C19H12F8N2O3S. The lowest BCUT2D eigenvalue weighted by molar-refractivity contribution is -0.274. The largest absolute Gasteiger partial charge is 0.573 e. The number of alkyl halides is 6. The van der Waals surface area contributed by atoms with Crippen LogP contribution in [0.15, 0.2) is 41.3 Å². The highest BCUT2D eigenvalue weighted by Gasteiger charge is 2.36. The number of halogens is 8. The van der Waals surface area contributed by atoms with E-state index in [4.69, 9.17) is 0 Å². The summed E-state index contributed by atoms with van der Waals surface area (Å²) in [5.41, 5.74) is -3.31. The fourth-order valence-corrected chi connectivity index (χ4v) is 3.60. The molecule has 0 amide bonds. The fraction of sp³-hybridized carbons (Fsp3) is 0.211. The van der Waals surface area contributed by atoms with Crippen LogP contribution in [0.5, 0.6) is 5.75 Å². The molecule has 0 saturated carbocycles. The Balaban J connectivity index is 2.27. The van der Waals surface area contributed by atoms with E-state index in [2.05, 4.69) is 9.84 Å². The Kier molecular flexibility index (Phi) is 5.94. The van der Waals surface area contributed by atoms with Crippen LogP contribution >= 0.6 is 0 Å². The van der Waals surface area contributed by atoms with Crippen molar-refractivity contribution in [2.24, 2.45) is 0 Å². The molecule has 3 aromatic rings. The van der Waals surface area contributed by atoms with Gasteiger partial charge in [0.15, 0.2) is 15.5 Å². The number of hydrogen-bond acceptors (Lipinski definition) is 4. The van der Waals surface area contributed by atoms with Crippen LogP contribution < -0.4 is 4.74 Å². The molecule has 14 heteroatoms. The molecule has 0 unspecified atom stereocenters. The van der Waals surface area contributed by atoms with Crippen molar-refractivity contribution < 1.29 is 48.3 Å². The molecule has 0 aliphatic heterocycles. The normalized spacial score (nSPS) is 12.8. The molecule has 0 fully saturated rings. The summed E-state index contributed by atoms with van der Waals surface area (Å²) in [6.45, 7) is 1.25. The summed E-state index contributed by atoms with van der Waals surface area (Å²) in [6.07, 6.45) is -9.55. The second-order valence-electron chi connectivity index (χ2n) is 6.86. The summed E-state index contributed by atoms with van der Waals surface area (Å²) in [5.74, 6) is -3.64. The predicted octanol–water partition coefficient (Wildman–Crippen LogP) is 5.45. The molecule has 0 aliphatic carbocycles. The van der Waals surface area contributed by atoms with Gasteiger partial charge in [-0.05, 0) is 30.7 Å². The van der Waals surface area contributed by atoms with Crippen molar-refractivity contribution in [2.45, 2.75) is 24.4 Å². The van der Waals surface area contributed by atoms with Crippen LogP contribution in [0.25, 0.3) is 16.9 Å². The van der Waals surface area contributed by atoms with Gasteiger partial charge in [0.1, 0.15) is 28.0 Å². The van der Waals surface area contributed by atoms with E-state index in [0.717, 1.165) is 18.2 Å². The Bertz CT molecular complexity index is 1330. The second kappa shape index (κ2) is 8.01. The van der Waals surface area contributed by atoms with E-state index >= 15 is 0 Å². The van der Waals surface area contributed by atoms with Gasteiger partial charge in [-0.3, -0.25) is 0 Å². The van der Waals surface area contributed by atoms with Crippen LogP contribution in [-0.4, -0.2) is 30.8 Å². The van der Waals surface area contributed by atoms with Gasteiger partial charge < -0.3 is 4.74 Å². The number of aromatic nitrogens is 2. The van der Waals surface area contributed by atoms with E-state index in [1.54, 1.807) is 0 Å². The minimum atomic E-state index is -5.10. The van der Waals surface area contributed by atoms with Gasteiger partial charge in [-0.2, -0.15) is 18.3 Å². The number of aryl methyl sites for hydroxylation is 1. The molecule has 0 bridgehead atoms. The molecule has 3 rings (SSSR count). The van der Waals surface area contributed by atoms with Gasteiger partial charge in [-0.25, -0.2) is 21.9 Å². The number of hydrogen-bond donors (Lipinski definition) is 0. The zero-order valence-corrected chi connectivity index (χ0v) is 17.3. The molecule has 0 aliphatic rings. The number of ether oxygens (including phenoxy) is 1. The number of benzene rings is 2. The average molecular weight is 500 g/mol. The van der Waals surface area contributed by atoms with Gasteiger partial charge in [0, 0.05) is 17.9 Å². The third kappa shape index (κ3) is 5.26. The van der Waals surface area contributed by atoms with Crippen molar-refractivity contribution in [3.63, 3.8) is 0 Å². The number of sulfone groups is 1. The standard InChI is InChI=1S/C19H12F8N2O3S/c1-9-3-4-10(5-15(9)32-19(25,26)27)13-8-17(18(22,23)24)28-29(13)14-6-12(21)16(7-11(14)20)33(2,30)31/h3-8H,1-2H3. The molecule has 0 radical (unpaired) electrons. The van der Waals surface area contributed by atoms with Gasteiger partial charge in [0.2, 0.25) is 0 Å². The molecule has 33 heavy (non-hydrogen) atoms. The molecule has 0 spiro atoms. The number of nitrogens with zero attached hydrogens (tertiary/aromatic N) is 2. The highest BCUT2D eigenvalue weighted by molar-refractivity contribution is 7.90. The molecular weight excluding hydrogens is 488 g/mol. The van der Waals surface area contributed by atoms with Crippen molar-refractivity contribution in [3.8, 4) is 22.7 Å². The van der Waals surface area contributed by atoms with Crippen molar-refractivity contribution in [3.05, 3.63) is 59.3 Å². The maximum Gasteiger partial charge on any atom is 0.573 e. The molecule has 0 N–H and O–H groups in total. The third-order valence-electron chi connectivity index (χ3n) is 4.34. The maximum absolute atomic E-state index is 14.7. The van der Waals surface area contributed by atoms with E-state index in [9.17, 15) is 43.5 Å². The topological polar surface area (TPSA) is 61.2 Å². The summed E-state index contributed by atoms with van der Waals surface area (Å²) in [6, 6.07) is 4.02. The van der Waals surface area contributed by atoms with Crippen LogP contribution in [0.1, 0.15) is 11.3 Å². The second-order valence-corrected chi connectivity index (χ2v) is 8.84. The van der Waals surface area contributed by atoms with Crippen LogP contribution in [0, 0.1) is 18.6 Å². The van der Waals surface area contributed by atoms with Crippen LogP contribution in [-0.2, 0) is 16.0 Å². The fourth-order valence-electron chi connectivity index (χ4n) is 2.87. The first-order valence-corrected chi connectivity index (χ1v) is 10.6. The van der Waals surface area contributed by atoms with Crippen LogP contribution in [0.4, 0.5) is 35.1 Å². The van der Waals surface area contributed by atoms with Crippen molar-refractivity contribution in [1.82, 2.24) is 9.78 Å². The Labute approximate surface area is 181 Å². The first kappa shape index (κ1) is 24.5. The van der Waals surface area contributed by atoms with E-state index in [-0.39, 0.29) is 17.2 Å². The predicted molar refractivity (Wildman–Crippen MR) is 98.4 cm³/mol.